The van der Waals surface area contributed by atoms with Crippen molar-refractivity contribution in [3.8, 4) is 0 Å². The van der Waals surface area contributed by atoms with Crippen LogP contribution in [-0.4, -0.2) is 86.7 Å². The molecular formula is C21H35N3O10S. The van der Waals surface area contributed by atoms with Gasteiger partial charge in [0.25, 0.3) is 0 Å². The third-order valence-corrected chi connectivity index (χ3v) is 6.78. The molecule has 0 saturated carbocycles. The molecule has 7 N–H and O–H groups in total. The van der Waals surface area contributed by atoms with Gasteiger partial charge >= 0.3 is 23.9 Å². The number of ether oxygens (including phenoxy) is 1. The van der Waals surface area contributed by atoms with Crippen LogP contribution < -0.4 is 16.4 Å². The second-order valence-electron chi connectivity index (χ2n) is 8.08. The van der Waals surface area contributed by atoms with Crippen molar-refractivity contribution < 1.29 is 48.8 Å². The van der Waals surface area contributed by atoms with Gasteiger partial charge in [-0.15, -0.1) is 11.8 Å². The number of nitrogens with two attached hydrogens (primary N) is 1. The maximum absolute atomic E-state index is 12.7. The van der Waals surface area contributed by atoms with Gasteiger partial charge < -0.3 is 36.4 Å². The van der Waals surface area contributed by atoms with Gasteiger partial charge in [-0.2, -0.15) is 0 Å². The number of carboxylic acid groups (broad SMARTS) is 3. The Morgan fingerprint density at radius 2 is 1.57 bits per heavy atom. The molecule has 2 amide bonds. The Morgan fingerprint density at radius 1 is 1.00 bits per heavy atom. The van der Waals surface area contributed by atoms with Crippen molar-refractivity contribution in [2.75, 3.05) is 12.3 Å². The number of carbonyl (C=O) groups is 6. The number of carbonyl (C=O) groups excluding carboxylic acids is 3. The summed E-state index contributed by atoms with van der Waals surface area (Å²) in [5, 5.41) is 31.5. The molecule has 0 fully saturated rings. The van der Waals surface area contributed by atoms with Crippen LogP contribution in [0.5, 0.6) is 0 Å². The molecule has 0 aromatic carbocycles. The summed E-state index contributed by atoms with van der Waals surface area (Å²) in [5.41, 5.74) is 3.77. The molecule has 0 saturated heterocycles. The van der Waals surface area contributed by atoms with E-state index in [1.807, 2.05) is 0 Å². The molecule has 0 bridgehead atoms. The number of esters is 1. The molecule has 0 heterocycles. The topological polar surface area (TPSA) is 222 Å². The van der Waals surface area contributed by atoms with Crippen LogP contribution in [0.4, 0.5) is 0 Å². The summed E-state index contributed by atoms with van der Waals surface area (Å²) in [7, 11) is 0. The highest BCUT2D eigenvalue weighted by Crippen LogP contribution is 2.39. The summed E-state index contributed by atoms with van der Waals surface area (Å²) in [4.78, 5) is 71.4. The summed E-state index contributed by atoms with van der Waals surface area (Å²) in [5.74, 6) is -6.61. The summed E-state index contributed by atoms with van der Waals surface area (Å²) >= 11 is 0.676. The van der Waals surface area contributed by atoms with Gasteiger partial charge in [-0.3, -0.25) is 28.8 Å². The molecule has 0 aromatic rings. The van der Waals surface area contributed by atoms with Crippen molar-refractivity contribution in [2.45, 2.75) is 76.8 Å². The zero-order valence-corrected chi connectivity index (χ0v) is 21.1. The highest BCUT2D eigenvalue weighted by atomic mass is 32.2. The number of aliphatic carboxylic acids is 3. The van der Waals surface area contributed by atoms with Crippen molar-refractivity contribution in [2.24, 2.45) is 11.1 Å². The highest BCUT2D eigenvalue weighted by molar-refractivity contribution is 8.00. The fourth-order valence-corrected chi connectivity index (χ4v) is 4.66. The molecule has 0 aliphatic rings. The van der Waals surface area contributed by atoms with E-state index in [0.717, 1.165) is 0 Å². The fraction of sp³-hybridized carbons (Fsp3) is 0.714. The predicted octanol–water partition coefficient (Wildman–Crippen LogP) is -0.191. The molecule has 0 radical (unpaired) electrons. The second kappa shape index (κ2) is 15.2. The van der Waals surface area contributed by atoms with Crippen molar-refractivity contribution in [1.82, 2.24) is 10.6 Å². The van der Waals surface area contributed by atoms with Crippen LogP contribution >= 0.6 is 11.8 Å². The van der Waals surface area contributed by atoms with Gasteiger partial charge in [0.1, 0.15) is 23.9 Å². The minimum Gasteiger partial charge on any atom is -0.481 e. The van der Waals surface area contributed by atoms with Gasteiger partial charge in [0.15, 0.2) is 0 Å². The van der Waals surface area contributed by atoms with E-state index in [1.54, 1.807) is 27.7 Å². The van der Waals surface area contributed by atoms with E-state index < -0.39 is 71.1 Å². The summed E-state index contributed by atoms with van der Waals surface area (Å²) in [6.07, 6.45) is -0.940. The Bertz CT molecular complexity index is 785. The molecule has 0 rings (SSSR count). The molecule has 0 aliphatic heterocycles. The first kappa shape index (κ1) is 32.1. The van der Waals surface area contributed by atoms with Gasteiger partial charge in [0, 0.05) is 12.2 Å². The molecule has 3 unspecified atom stereocenters. The van der Waals surface area contributed by atoms with Gasteiger partial charge in [0.05, 0.1) is 11.5 Å². The lowest BCUT2D eigenvalue weighted by atomic mass is 9.79. The quantitative estimate of drug-likeness (QED) is 0.137. The number of amides is 2. The average Bonchev–Trinajstić information content (AvgIpc) is 2.76. The van der Waals surface area contributed by atoms with E-state index in [1.165, 1.54) is 0 Å². The Morgan fingerprint density at radius 3 is 2.00 bits per heavy atom. The van der Waals surface area contributed by atoms with Crippen LogP contribution in [-0.2, 0) is 33.5 Å². The third-order valence-electron chi connectivity index (χ3n) is 5.27. The van der Waals surface area contributed by atoms with Crippen molar-refractivity contribution in [3.05, 3.63) is 0 Å². The van der Waals surface area contributed by atoms with E-state index in [2.05, 4.69) is 10.6 Å². The van der Waals surface area contributed by atoms with Crippen LogP contribution in [0.3, 0.4) is 0 Å². The standard InChI is InChI=1S/C21H35N3O10S/c1-5-21(6-2,20(32)33)16(19(30)31)35-10-13(17(27)23-9-15(26)34-11(3)4)24-14(25)8-7-12(22)18(28)29/h11-13,16H,5-10,22H2,1-4H3,(H,23,27)(H,24,25)(H,28,29)(H,30,31)(H,32,33). The predicted molar refractivity (Wildman–Crippen MR) is 126 cm³/mol. The van der Waals surface area contributed by atoms with E-state index in [9.17, 15) is 39.0 Å². The number of hydrogen-bond acceptors (Lipinski definition) is 9. The first-order chi connectivity index (χ1) is 16.2. The van der Waals surface area contributed by atoms with E-state index in [4.69, 9.17) is 15.6 Å². The molecule has 200 valence electrons. The van der Waals surface area contributed by atoms with Crippen LogP contribution in [0, 0.1) is 5.41 Å². The van der Waals surface area contributed by atoms with Gasteiger partial charge in [-0.25, -0.2) is 0 Å². The largest absolute Gasteiger partial charge is 0.481 e. The molecule has 35 heavy (non-hydrogen) atoms. The second-order valence-corrected chi connectivity index (χ2v) is 9.22. The Kier molecular flexibility index (Phi) is 13.9. The first-order valence-corrected chi connectivity index (χ1v) is 12.1. The number of rotatable bonds is 17. The van der Waals surface area contributed by atoms with Crippen LogP contribution in [0.25, 0.3) is 0 Å². The van der Waals surface area contributed by atoms with Crippen LogP contribution in [0.2, 0.25) is 0 Å². The lowest BCUT2D eigenvalue weighted by Crippen LogP contribution is -2.51. The van der Waals surface area contributed by atoms with Crippen molar-refractivity contribution in [3.63, 3.8) is 0 Å². The van der Waals surface area contributed by atoms with E-state index in [0.29, 0.717) is 11.8 Å². The van der Waals surface area contributed by atoms with Gasteiger partial charge in [-0.1, -0.05) is 13.8 Å². The minimum absolute atomic E-state index is 0.0140. The number of hydrogen-bond donors (Lipinski definition) is 6. The first-order valence-electron chi connectivity index (χ1n) is 11.0. The summed E-state index contributed by atoms with van der Waals surface area (Å²) in [6.45, 7) is 5.81. The average molecular weight is 522 g/mol. The summed E-state index contributed by atoms with van der Waals surface area (Å²) in [6, 6.07) is -2.64. The minimum atomic E-state index is -1.61. The van der Waals surface area contributed by atoms with Crippen molar-refractivity contribution >= 4 is 47.5 Å². The normalized spacial score (nSPS) is 13.9. The number of thioether (sulfide) groups is 1. The van der Waals surface area contributed by atoms with Crippen LogP contribution in [0.1, 0.15) is 53.4 Å². The smallest absolute Gasteiger partial charge is 0.325 e. The lowest BCUT2D eigenvalue weighted by molar-refractivity contribution is -0.155. The molecule has 0 aliphatic carbocycles. The molecule has 14 heteroatoms. The molecule has 13 nitrogen and oxygen atoms in total. The fourth-order valence-electron chi connectivity index (χ4n) is 3.14. The Hall–Kier alpha value is -2.87. The maximum Gasteiger partial charge on any atom is 0.325 e. The molecular weight excluding hydrogens is 486 g/mol. The maximum atomic E-state index is 12.7. The monoisotopic (exact) mass is 521 g/mol. The highest BCUT2D eigenvalue weighted by Gasteiger charge is 2.47. The Labute approximate surface area is 207 Å². The van der Waals surface area contributed by atoms with Gasteiger partial charge in [0.2, 0.25) is 11.8 Å². The summed E-state index contributed by atoms with van der Waals surface area (Å²) < 4.78 is 4.92. The lowest BCUT2D eigenvalue weighted by Gasteiger charge is -2.33. The van der Waals surface area contributed by atoms with E-state index in [-0.39, 0.29) is 31.4 Å². The number of carboxylic acids is 3. The van der Waals surface area contributed by atoms with Gasteiger partial charge in [-0.05, 0) is 33.1 Å². The third kappa shape index (κ3) is 10.5. The Balaban J connectivity index is 5.60. The zero-order chi connectivity index (χ0) is 27.3. The van der Waals surface area contributed by atoms with E-state index >= 15 is 0 Å². The zero-order valence-electron chi connectivity index (χ0n) is 20.2. The van der Waals surface area contributed by atoms with Crippen molar-refractivity contribution in [1.29, 1.82) is 0 Å². The molecule has 3 atom stereocenters. The number of nitrogens with one attached hydrogen (secondary N) is 2. The SMILES string of the molecule is CCC(CC)(C(=O)O)C(SCC(NC(=O)CCC(N)C(=O)O)C(=O)NCC(=O)OC(C)C)C(=O)O. The van der Waals surface area contributed by atoms with Crippen LogP contribution in [0.15, 0.2) is 0 Å². The molecule has 0 spiro atoms. The molecule has 0 aromatic heterocycles.